The van der Waals surface area contributed by atoms with E-state index in [0.717, 1.165) is 15.7 Å². The maximum Gasteiger partial charge on any atom is 0.276 e. The van der Waals surface area contributed by atoms with E-state index < -0.39 is 5.72 Å². The number of hydrogen-bond acceptors (Lipinski definition) is 3. The molecule has 0 aliphatic carbocycles. The van der Waals surface area contributed by atoms with Gasteiger partial charge in [-0.3, -0.25) is 4.79 Å². The number of carbonyl (C=O) groups excluding carboxylic acids is 1. The zero-order valence-corrected chi connectivity index (χ0v) is 17.7. The number of halogens is 1. The summed E-state index contributed by atoms with van der Waals surface area (Å²) in [4.78, 5) is 13.2. The monoisotopic (exact) mass is 428 g/mol. The van der Waals surface area contributed by atoms with Crippen LogP contribution in [0.3, 0.4) is 0 Å². The third-order valence-electron chi connectivity index (χ3n) is 4.95. The number of amides is 1. The second kappa shape index (κ2) is 7.21. The van der Waals surface area contributed by atoms with Crippen LogP contribution in [0.4, 0.5) is 0 Å². The van der Waals surface area contributed by atoms with Crippen LogP contribution in [0.1, 0.15) is 62.0 Å². The molecule has 1 N–H and O–H groups in total. The van der Waals surface area contributed by atoms with E-state index in [1.165, 1.54) is 5.01 Å². The molecule has 0 unspecified atom stereocenters. The number of hydrazone groups is 1. The Hall–Kier alpha value is -1.98. The molecule has 2 aromatic rings. The van der Waals surface area contributed by atoms with Gasteiger partial charge in [0.2, 0.25) is 0 Å². The van der Waals surface area contributed by atoms with Crippen molar-refractivity contribution in [2.24, 2.45) is 5.10 Å². The first-order valence-electron chi connectivity index (χ1n) is 9.15. The molecule has 0 spiro atoms. The summed E-state index contributed by atoms with van der Waals surface area (Å²) in [7, 11) is 0. The molecule has 5 heteroatoms. The van der Waals surface area contributed by atoms with Crippen molar-refractivity contribution >= 4 is 27.5 Å². The maximum atomic E-state index is 13.2. The van der Waals surface area contributed by atoms with Gasteiger partial charge in [-0.25, -0.2) is 0 Å². The standard InChI is InChI=1S/C22H25BrN2O2/c1-5-19-14-22(27,17-10-12-18(23)13-11-17)25(24-19)20(26)15-6-8-16(9-7-15)21(2,3)4/h6-13,27H,5,14H2,1-4H3/t22-/m0/s1. The van der Waals surface area contributed by atoms with Crippen molar-refractivity contribution in [2.45, 2.75) is 51.7 Å². The highest BCUT2D eigenvalue weighted by Crippen LogP contribution is 2.37. The summed E-state index contributed by atoms with van der Waals surface area (Å²) in [5.74, 6) is -0.302. The molecule has 0 aromatic heterocycles. The first-order valence-corrected chi connectivity index (χ1v) is 9.94. The van der Waals surface area contributed by atoms with Gasteiger partial charge in [0.05, 0.1) is 0 Å². The van der Waals surface area contributed by atoms with Crippen molar-refractivity contribution in [2.75, 3.05) is 0 Å². The third kappa shape index (κ3) is 3.85. The highest BCUT2D eigenvalue weighted by Gasteiger charge is 2.45. The quantitative estimate of drug-likeness (QED) is 0.729. The highest BCUT2D eigenvalue weighted by molar-refractivity contribution is 9.10. The summed E-state index contributed by atoms with van der Waals surface area (Å²) in [5.41, 5.74) is 1.67. The second-order valence-electron chi connectivity index (χ2n) is 7.96. The molecule has 1 amide bonds. The molecule has 4 nitrogen and oxygen atoms in total. The van der Waals surface area contributed by atoms with Crippen LogP contribution >= 0.6 is 15.9 Å². The molecule has 0 saturated heterocycles. The van der Waals surface area contributed by atoms with Crippen molar-refractivity contribution in [1.82, 2.24) is 5.01 Å². The Balaban J connectivity index is 1.97. The van der Waals surface area contributed by atoms with Crippen LogP contribution in [0.15, 0.2) is 58.1 Å². The van der Waals surface area contributed by atoms with Crippen LogP contribution in [-0.4, -0.2) is 21.7 Å². The smallest absolute Gasteiger partial charge is 0.276 e. The molecule has 1 aliphatic rings. The SMILES string of the molecule is CCC1=NN(C(=O)c2ccc(C(C)(C)C)cc2)[C@@](O)(c2ccc(Br)cc2)C1. The Morgan fingerprint density at radius 2 is 1.74 bits per heavy atom. The Morgan fingerprint density at radius 3 is 2.26 bits per heavy atom. The van der Waals surface area contributed by atoms with Gasteiger partial charge in [-0.05, 0) is 41.7 Å². The Morgan fingerprint density at radius 1 is 1.15 bits per heavy atom. The van der Waals surface area contributed by atoms with Crippen molar-refractivity contribution < 1.29 is 9.90 Å². The van der Waals surface area contributed by atoms with Gasteiger partial charge in [0.1, 0.15) is 0 Å². The Kier molecular flexibility index (Phi) is 5.28. The average Bonchev–Trinajstić information content (AvgIpc) is 2.99. The number of carbonyl (C=O) groups is 1. The fourth-order valence-electron chi connectivity index (χ4n) is 3.20. The summed E-state index contributed by atoms with van der Waals surface area (Å²) in [6.45, 7) is 8.38. The molecule has 0 radical (unpaired) electrons. The van der Waals surface area contributed by atoms with Gasteiger partial charge < -0.3 is 5.11 Å². The number of benzene rings is 2. The molecule has 1 heterocycles. The van der Waals surface area contributed by atoms with Crippen LogP contribution in [0.5, 0.6) is 0 Å². The van der Waals surface area contributed by atoms with Gasteiger partial charge in [0.25, 0.3) is 5.91 Å². The topological polar surface area (TPSA) is 52.9 Å². The largest absolute Gasteiger partial charge is 0.365 e. The summed E-state index contributed by atoms with van der Waals surface area (Å²) in [6.07, 6.45) is 1.00. The fraction of sp³-hybridized carbons (Fsp3) is 0.364. The summed E-state index contributed by atoms with van der Waals surface area (Å²) in [5, 5.41) is 17.1. The lowest BCUT2D eigenvalue weighted by molar-refractivity contribution is -0.0765. The third-order valence-corrected chi connectivity index (χ3v) is 5.48. The normalized spacial score (nSPS) is 19.9. The number of hydrogen-bond donors (Lipinski definition) is 1. The van der Waals surface area contributed by atoms with Crippen LogP contribution in [0, 0.1) is 0 Å². The minimum absolute atomic E-state index is 0.0148. The molecule has 0 fully saturated rings. The zero-order valence-electron chi connectivity index (χ0n) is 16.2. The molecular formula is C22H25BrN2O2. The highest BCUT2D eigenvalue weighted by atomic mass is 79.9. The lowest BCUT2D eigenvalue weighted by Gasteiger charge is -2.31. The van der Waals surface area contributed by atoms with Gasteiger partial charge in [-0.2, -0.15) is 10.1 Å². The van der Waals surface area contributed by atoms with E-state index >= 15 is 0 Å². The predicted octanol–water partition coefficient (Wildman–Crippen LogP) is 5.20. The second-order valence-corrected chi connectivity index (χ2v) is 8.88. The molecule has 3 rings (SSSR count). The Labute approximate surface area is 169 Å². The molecule has 1 atom stereocenters. The molecule has 1 aliphatic heterocycles. The number of aliphatic hydroxyl groups is 1. The maximum absolute atomic E-state index is 13.2. The average molecular weight is 429 g/mol. The van der Waals surface area contributed by atoms with Crippen molar-refractivity contribution in [3.63, 3.8) is 0 Å². The minimum atomic E-state index is -1.47. The van der Waals surface area contributed by atoms with E-state index in [1.54, 1.807) is 0 Å². The minimum Gasteiger partial charge on any atom is -0.365 e. The van der Waals surface area contributed by atoms with E-state index in [-0.39, 0.29) is 11.3 Å². The molecule has 0 saturated carbocycles. The number of nitrogens with zero attached hydrogens (tertiary/aromatic N) is 2. The van der Waals surface area contributed by atoms with E-state index in [4.69, 9.17) is 0 Å². The van der Waals surface area contributed by atoms with E-state index in [2.05, 4.69) is 41.8 Å². The first-order chi connectivity index (χ1) is 12.6. The zero-order chi connectivity index (χ0) is 19.8. The van der Waals surface area contributed by atoms with Crippen LogP contribution in [0.25, 0.3) is 0 Å². The molecule has 2 aromatic carbocycles. The summed E-state index contributed by atoms with van der Waals surface area (Å²) >= 11 is 3.41. The molecular weight excluding hydrogens is 404 g/mol. The summed E-state index contributed by atoms with van der Waals surface area (Å²) < 4.78 is 0.917. The van der Waals surface area contributed by atoms with Gasteiger partial charge in [-0.15, -0.1) is 0 Å². The molecule has 27 heavy (non-hydrogen) atoms. The van der Waals surface area contributed by atoms with Gasteiger partial charge >= 0.3 is 0 Å². The van der Waals surface area contributed by atoms with Crippen molar-refractivity contribution in [3.05, 3.63) is 69.7 Å². The Bertz CT molecular complexity index is 867. The molecule has 0 bridgehead atoms. The van der Waals surface area contributed by atoms with Gasteiger partial charge in [0, 0.05) is 27.7 Å². The number of rotatable bonds is 3. The van der Waals surface area contributed by atoms with Crippen LogP contribution in [0.2, 0.25) is 0 Å². The van der Waals surface area contributed by atoms with Crippen LogP contribution < -0.4 is 0 Å². The molecule has 142 valence electrons. The van der Waals surface area contributed by atoms with E-state index in [9.17, 15) is 9.90 Å². The van der Waals surface area contributed by atoms with Gasteiger partial charge in [-0.1, -0.05) is 67.9 Å². The van der Waals surface area contributed by atoms with Crippen molar-refractivity contribution in [3.8, 4) is 0 Å². The first kappa shape index (κ1) is 19.8. The lowest BCUT2D eigenvalue weighted by Crippen LogP contribution is -2.43. The summed E-state index contributed by atoms with van der Waals surface area (Å²) in [6, 6.07) is 14.9. The van der Waals surface area contributed by atoms with E-state index in [0.29, 0.717) is 24.0 Å². The van der Waals surface area contributed by atoms with Crippen molar-refractivity contribution in [1.29, 1.82) is 0 Å². The predicted molar refractivity (Wildman–Crippen MR) is 112 cm³/mol. The van der Waals surface area contributed by atoms with Crippen LogP contribution in [-0.2, 0) is 11.1 Å². The van der Waals surface area contributed by atoms with Gasteiger partial charge in [0.15, 0.2) is 5.72 Å². The van der Waals surface area contributed by atoms with E-state index in [1.807, 2.05) is 55.5 Å². The lowest BCUT2D eigenvalue weighted by atomic mass is 9.86. The fourth-order valence-corrected chi connectivity index (χ4v) is 3.47.